The molecule has 0 saturated heterocycles. The Balaban J connectivity index is 1.55. The minimum absolute atomic E-state index is 0.0135. The number of hydrogen-bond acceptors (Lipinski definition) is 8. The van der Waals surface area contributed by atoms with Crippen molar-refractivity contribution in [2.75, 3.05) is 22.1 Å². The molecule has 0 radical (unpaired) electrons. The summed E-state index contributed by atoms with van der Waals surface area (Å²) in [4.78, 5) is 11.4. The van der Waals surface area contributed by atoms with Gasteiger partial charge in [0.25, 0.3) is 0 Å². The Morgan fingerprint density at radius 1 is 1.14 bits per heavy atom. The highest BCUT2D eigenvalue weighted by atomic mass is 35.5. The molecular formula is C18H17ClN4O3S3. The minimum Gasteiger partial charge on any atom is -0.330 e. The number of nitrogens with one attached hydrogen (secondary N) is 2. The first-order valence-corrected chi connectivity index (χ1v) is 12.2. The van der Waals surface area contributed by atoms with Gasteiger partial charge in [0.15, 0.2) is 14.2 Å². The number of thioether (sulfide) groups is 1. The van der Waals surface area contributed by atoms with Crippen LogP contribution in [-0.2, 0) is 14.6 Å². The number of amides is 1. The van der Waals surface area contributed by atoms with Crippen molar-refractivity contribution in [3.8, 4) is 0 Å². The van der Waals surface area contributed by atoms with E-state index in [0.29, 0.717) is 25.9 Å². The molecule has 0 aliphatic carbocycles. The molecule has 1 amide bonds. The summed E-state index contributed by atoms with van der Waals surface area (Å²) in [6.07, 6.45) is 0. The summed E-state index contributed by atoms with van der Waals surface area (Å²) in [5.41, 5.74) is 1.43. The molecule has 7 nitrogen and oxygen atoms in total. The summed E-state index contributed by atoms with van der Waals surface area (Å²) in [6.45, 7) is 1.45. The average molecular weight is 469 g/mol. The van der Waals surface area contributed by atoms with Crippen LogP contribution in [0.5, 0.6) is 0 Å². The SMILES string of the molecule is CC(=O)Nc1cccc(Nc2nnc(SCCS(=O)(=O)c3ccc(Cl)cc3)s2)c1. The first-order chi connectivity index (χ1) is 13.8. The number of anilines is 3. The van der Waals surface area contributed by atoms with Gasteiger partial charge in [-0.3, -0.25) is 4.79 Å². The third kappa shape index (κ3) is 6.43. The number of sulfone groups is 1. The van der Waals surface area contributed by atoms with E-state index in [9.17, 15) is 13.2 Å². The summed E-state index contributed by atoms with van der Waals surface area (Å²) >= 11 is 8.46. The number of hydrogen-bond donors (Lipinski definition) is 2. The first kappa shape index (κ1) is 21.6. The van der Waals surface area contributed by atoms with Gasteiger partial charge < -0.3 is 10.6 Å². The number of nitrogens with zero attached hydrogens (tertiary/aromatic N) is 2. The van der Waals surface area contributed by atoms with E-state index in [2.05, 4.69) is 20.8 Å². The van der Waals surface area contributed by atoms with E-state index >= 15 is 0 Å². The van der Waals surface area contributed by atoms with Crippen LogP contribution in [0.25, 0.3) is 0 Å². The molecule has 2 aromatic carbocycles. The lowest BCUT2D eigenvalue weighted by Crippen LogP contribution is -2.08. The fraction of sp³-hybridized carbons (Fsp3) is 0.167. The van der Waals surface area contributed by atoms with E-state index in [4.69, 9.17) is 11.6 Å². The van der Waals surface area contributed by atoms with Crippen LogP contribution in [0.2, 0.25) is 5.02 Å². The Hall–Kier alpha value is -2.14. The quantitative estimate of drug-likeness (QED) is 0.470. The Morgan fingerprint density at radius 2 is 1.86 bits per heavy atom. The van der Waals surface area contributed by atoms with Crippen LogP contribution in [0, 0.1) is 0 Å². The zero-order valence-electron chi connectivity index (χ0n) is 15.3. The van der Waals surface area contributed by atoms with Crippen molar-refractivity contribution >= 4 is 67.0 Å². The largest absolute Gasteiger partial charge is 0.330 e. The fourth-order valence-electron chi connectivity index (χ4n) is 2.32. The summed E-state index contributed by atoms with van der Waals surface area (Å²) < 4.78 is 25.4. The molecule has 3 aromatic rings. The molecule has 3 rings (SSSR count). The third-order valence-electron chi connectivity index (χ3n) is 3.59. The summed E-state index contributed by atoms with van der Waals surface area (Å²) in [7, 11) is -3.38. The summed E-state index contributed by atoms with van der Waals surface area (Å²) in [5, 5.41) is 15.1. The highest BCUT2D eigenvalue weighted by molar-refractivity contribution is 8.02. The van der Waals surface area contributed by atoms with Crippen molar-refractivity contribution in [1.82, 2.24) is 10.2 Å². The molecular weight excluding hydrogens is 452 g/mol. The topological polar surface area (TPSA) is 101 Å². The van der Waals surface area contributed by atoms with Gasteiger partial charge in [-0.15, -0.1) is 10.2 Å². The van der Waals surface area contributed by atoms with Crippen molar-refractivity contribution < 1.29 is 13.2 Å². The minimum atomic E-state index is -3.38. The molecule has 0 atom stereocenters. The van der Waals surface area contributed by atoms with Gasteiger partial charge in [-0.25, -0.2) is 8.42 Å². The van der Waals surface area contributed by atoms with Crippen LogP contribution in [0.1, 0.15) is 6.92 Å². The third-order valence-corrected chi connectivity index (χ3v) is 7.81. The van der Waals surface area contributed by atoms with Crippen LogP contribution in [-0.4, -0.2) is 36.0 Å². The molecule has 0 aliphatic heterocycles. The molecule has 29 heavy (non-hydrogen) atoms. The maximum absolute atomic E-state index is 12.4. The Kier molecular flexibility index (Phi) is 7.12. The van der Waals surface area contributed by atoms with Crippen molar-refractivity contribution in [2.45, 2.75) is 16.2 Å². The second-order valence-corrected chi connectivity index (χ2v) is 10.7. The van der Waals surface area contributed by atoms with Crippen LogP contribution >= 0.6 is 34.7 Å². The van der Waals surface area contributed by atoms with Gasteiger partial charge in [-0.05, 0) is 42.5 Å². The van der Waals surface area contributed by atoms with Crippen molar-refractivity contribution in [1.29, 1.82) is 0 Å². The van der Waals surface area contributed by atoms with E-state index in [1.54, 1.807) is 24.3 Å². The van der Waals surface area contributed by atoms with Gasteiger partial charge in [0.1, 0.15) is 0 Å². The molecule has 0 fully saturated rings. The molecule has 0 aliphatic rings. The smallest absolute Gasteiger partial charge is 0.221 e. The Labute approximate surface area is 181 Å². The lowest BCUT2D eigenvalue weighted by atomic mass is 10.3. The molecule has 11 heteroatoms. The number of benzene rings is 2. The second kappa shape index (κ2) is 9.57. The predicted octanol–water partition coefficient (Wildman–Crippen LogP) is 4.46. The Bertz CT molecular complexity index is 1100. The lowest BCUT2D eigenvalue weighted by molar-refractivity contribution is -0.114. The van der Waals surface area contributed by atoms with Crippen molar-refractivity contribution in [3.63, 3.8) is 0 Å². The van der Waals surface area contributed by atoms with Crippen molar-refractivity contribution in [3.05, 3.63) is 53.6 Å². The Morgan fingerprint density at radius 3 is 2.59 bits per heavy atom. The summed E-state index contributed by atoms with van der Waals surface area (Å²) in [6, 6.07) is 13.4. The predicted molar refractivity (Wildman–Crippen MR) is 118 cm³/mol. The summed E-state index contributed by atoms with van der Waals surface area (Å²) in [5.74, 6) is 0.197. The number of aromatic nitrogens is 2. The molecule has 0 bridgehead atoms. The maximum atomic E-state index is 12.4. The number of carbonyl (C=O) groups is 1. The van der Waals surface area contributed by atoms with Gasteiger partial charge in [-0.2, -0.15) is 0 Å². The molecule has 1 aromatic heterocycles. The molecule has 0 spiro atoms. The normalized spacial score (nSPS) is 11.2. The fourth-order valence-corrected chi connectivity index (χ4v) is 5.94. The van der Waals surface area contributed by atoms with Crippen molar-refractivity contribution in [2.24, 2.45) is 0 Å². The molecule has 2 N–H and O–H groups in total. The van der Waals surface area contributed by atoms with Crippen LogP contribution in [0.3, 0.4) is 0 Å². The molecule has 0 unspecified atom stereocenters. The lowest BCUT2D eigenvalue weighted by Gasteiger charge is -2.05. The standard InChI is InChI=1S/C18H17ClN4O3S3/c1-12(24)20-14-3-2-4-15(11-14)21-17-22-23-18(28-17)27-9-10-29(25,26)16-7-5-13(19)6-8-16/h2-8,11H,9-10H2,1H3,(H,20,24)(H,21,22). The van der Waals surface area contributed by atoms with Gasteiger partial charge in [0, 0.05) is 29.1 Å². The number of carbonyl (C=O) groups excluding carboxylic acids is 1. The van der Waals surface area contributed by atoms with E-state index in [1.807, 2.05) is 12.1 Å². The van der Waals surface area contributed by atoms with E-state index in [1.165, 1.54) is 42.2 Å². The first-order valence-electron chi connectivity index (χ1n) is 8.41. The monoisotopic (exact) mass is 468 g/mol. The van der Waals surface area contributed by atoms with Crippen LogP contribution in [0.15, 0.2) is 57.8 Å². The van der Waals surface area contributed by atoms with Gasteiger partial charge >= 0.3 is 0 Å². The van der Waals surface area contributed by atoms with Gasteiger partial charge in [0.05, 0.1) is 10.6 Å². The highest BCUT2D eigenvalue weighted by Gasteiger charge is 2.15. The zero-order chi connectivity index (χ0) is 20.9. The number of halogens is 1. The average Bonchev–Trinajstić information content (AvgIpc) is 3.09. The van der Waals surface area contributed by atoms with E-state index < -0.39 is 9.84 Å². The molecule has 152 valence electrons. The molecule has 1 heterocycles. The second-order valence-electron chi connectivity index (χ2n) is 5.88. The van der Waals surface area contributed by atoms with Crippen LogP contribution < -0.4 is 10.6 Å². The van der Waals surface area contributed by atoms with E-state index in [-0.39, 0.29) is 16.6 Å². The van der Waals surface area contributed by atoms with Crippen LogP contribution in [0.4, 0.5) is 16.5 Å². The highest BCUT2D eigenvalue weighted by Crippen LogP contribution is 2.29. The zero-order valence-corrected chi connectivity index (χ0v) is 18.5. The number of rotatable bonds is 8. The van der Waals surface area contributed by atoms with E-state index in [0.717, 1.165) is 5.69 Å². The van der Waals surface area contributed by atoms with Gasteiger partial charge in [0.2, 0.25) is 11.0 Å². The van der Waals surface area contributed by atoms with Gasteiger partial charge in [-0.1, -0.05) is 40.8 Å². The molecule has 0 saturated carbocycles. The maximum Gasteiger partial charge on any atom is 0.221 e.